The van der Waals surface area contributed by atoms with Crippen LogP contribution in [-0.4, -0.2) is 52.6 Å². The minimum atomic E-state index is -1.41. The van der Waals surface area contributed by atoms with Crippen LogP contribution in [0, 0.1) is 0 Å². The molecule has 1 heterocycles. The molecular weight excluding hydrogens is 200 g/mol. The lowest BCUT2D eigenvalue weighted by Gasteiger charge is -2.46. The molecule has 5 nitrogen and oxygen atoms in total. The van der Waals surface area contributed by atoms with E-state index in [9.17, 15) is 15.3 Å². The molecule has 0 aliphatic carbocycles. The highest BCUT2D eigenvalue weighted by Gasteiger charge is 2.50. The van der Waals surface area contributed by atoms with Crippen molar-refractivity contribution in [2.24, 2.45) is 0 Å². The van der Waals surface area contributed by atoms with Gasteiger partial charge in [0, 0.05) is 7.11 Å². The van der Waals surface area contributed by atoms with E-state index in [1.165, 1.54) is 7.11 Å². The Kier molecular flexibility index (Phi) is 3.86. The summed E-state index contributed by atoms with van der Waals surface area (Å²) < 4.78 is 10.3. The first kappa shape index (κ1) is 12.6. The molecule has 88 valence electrons. The van der Waals surface area contributed by atoms with Gasteiger partial charge in [0.1, 0.15) is 23.9 Å². The Morgan fingerprint density at radius 2 is 2.00 bits per heavy atom. The zero-order valence-corrected chi connectivity index (χ0v) is 8.96. The number of ether oxygens (including phenoxy) is 2. The molecule has 0 amide bonds. The van der Waals surface area contributed by atoms with Crippen LogP contribution in [0.1, 0.15) is 13.3 Å². The molecule has 1 aliphatic heterocycles. The molecule has 15 heavy (non-hydrogen) atoms. The van der Waals surface area contributed by atoms with E-state index >= 15 is 0 Å². The number of aliphatic hydroxyl groups excluding tert-OH is 3. The van der Waals surface area contributed by atoms with E-state index in [0.717, 1.165) is 0 Å². The molecule has 0 aromatic carbocycles. The minimum absolute atomic E-state index is 0.409. The molecule has 0 spiro atoms. The zero-order valence-electron chi connectivity index (χ0n) is 8.96. The van der Waals surface area contributed by atoms with Gasteiger partial charge in [0.05, 0.1) is 0 Å². The summed E-state index contributed by atoms with van der Waals surface area (Å²) in [5.41, 5.74) is -0.880. The highest BCUT2D eigenvalue weighted by atomic mass is 16.7. The number of aliphatic hydroxyl groups is 3. The zero-order chi connectivity index (χ0) is 11.6. The fourth-order valence-electron chi connectivity index (χ4n) is 1.96. The fourth-order valence-corrected chi connectivity index (χ4v) is 1.96. The van der Waals surface area contributed by atoms with Crippen LogP contribution in [0.2, 0.25) is 0 Å². The van der Waals surface area contributed by atoms with E-state index in [2.05, 4.69) is 6.58 Å². The lowest BCUT2D eigenvalue weighted by molar-refractivity contribution is -0.318. The van der Waals surface area contributed by atoms with E-state index in [4.69, 9.17) is 9.47 Å². The van der Waals surface area contributed by atoms with Crippen molar-refractivity contribution in [3.63, 3.8) is 0 Å². The Morgan fingerprint density at radius 1 is 1.40 bits per heavy atom. The Morgan fingerprint density at radius 3 is 2.47 bits per heavy atom. The van der Waals surface area contributed by atoms with Crippen LogP contribution in [-0.2, 0) is 9.47 Å². The summed E-state index contributed by atoms with van der Waals surface area (Å²) in [7, 11) is 1.42. The molecule has 1 unspecified atom stereocenters. The number of rotatable bonds is 3. The minimum Gasteiger partial charge on any atom is -0.387 e. The second-order valence-electron chi connectivity index (χ2n) is 3.95. The molecule has 1 fully saturated rings. The van der Waals surface area contributed by atoms with Crippen LogP contribution in [0.25, 0.3) is 0 Å². The number of methoxy groups -OCH3 is 1. The maximum absolute atomic E-state index is 9.72. The lowest BCUT2D eigenvalue weighted by atomic mass is 9.85. The first-order chi connectivity index (χ1) is 6.96. The summed E-state index contributed by atoms with van der Waals surface area (Å²) in [6.45, 7) is 5.27. The van der Waals surface area contributed by atoms with Gasteiger partial charge in [0.25, 0.3) is 0 Å². The molecule has 0 aromatic heterocycles. The second kappa shape index (κ2) is 4.59. The van der Waals surface area contributed by atoms with Crippen molar-refractivity contribution in [3.05, 3.63) is 12.7 Å². The van der Waals surface area contributed by atoms with Gasteiger partial charge in [-0.1, -0.05) is 6.08 Å². The molecule has 1 saturated heterocycles. The van der Waals surface area contributed by atoms with Gasteiger partial charge < -0.3 is 24.8 Å². The van der Waals surface area contributed by atoms with Crippen LogP contribution >= 0.6 is 0 Å². The summed E-state index contributed by atoms with van der Waals surface area (Å²) in [5.74, 6) is 0. The Bertz CT molecular complexity index is 232. The van der Waals surface area contributed by atoms with Crippen LogP contribution in [0.15, 0.2) is 12.7 Å². The summed E-state index contributed by atoms with van der Waals surface area (Å²) in [6.07, 6.45) is -2.61. The highest BCUT2D eigenvalue weighted by Crippen LogP contribution is 2.33. The average Bonchev–Trinajstić information content (AvgIpc) is 2.15. The monoisotopic (exact) mass is 218 g/mol. The quantitative estimate of drug-likeness (QED) is 0.552. The van der Waals surface area contributed by atoms with Gasteiger partial charge >= 0.3 is 0 Å². The van der Waals surface area contributed by atoms with Crippen molar-refractivity contribution in [2.75, 3.05) is 7.11 Å². The van der Waals surface area contributed by atoms with E-state index in [1.54, 1.807) is 13.0 Å². The molecule has 0 radical (unpaired) electrons. The molecule has 3 N–H and O–H groups in total. The number of hydrogen-bond donors (Lipinski definition) is 3. The molecule has 0 bridgehead atoms. The molecule has 0 saturated carbocycles. The fraction of sp³-hybridized carbons (Fsp3) is 0.800. The summed E-state index contributed by atoms with van der Waals surface area (Å²) in [6, 6.07) is 0. The third-order valence-corrected chi connectivity index (χ3v) is 2.75. The van der Waals surface area contributed by atoms with Gasteiger partial charge in [-0.15, -0.1) is 6.58 Å². The average molecular weight is 218 g/mol. The van der Waals surface area contributed by atoms with Crippen LogP contribution in [0.4, 0.5) is 0 Å². The maximum Gasteiger partial charge on any atom is 0.184 e. The van der Waals surface area contributed by atoms with Crippen LogP contribution in [0.3, 0.4) is 0 Å². The summed E-state index contributed by atoms with van der Waals surface area (Å²) in [5, 5.41) is 28.5. The van der Waals surface area contributed by atoms with E-state index in [1.807, 2.05) is 0 Å². The van der Waals surface area contributed by atoms with Gasteiger partial charge in [0.15, 0.2) is 6.29 Å². The third kappa shape index (κ3) is 2.21. The van der Waals surface area contributed by atoms with Crippen LogP contribution in [0.5, 0.6) is 0 Å². The largest absolute Gasteiger partial charge is 0.387 e. The van der Waals surface area contributed by atoms with Gasteiger partial charge in [-0.3, -0.25) is 0 Å². The van der Waals surface area contributed by atoms with E-state index in [-0.39, 0.29) is 0 Å². The molecule has 5 heteroatoms. The lowest BCUT2D eigenvalue weighted by Crippen LogP contribution is -2.63. The topological polar surface area (TPSA) is 79.2 Å². The van der Waals surface area contributed by atoms with E-state index in [0.29, 0.717) is 6.42 Å². The molecule has 1 rings (SSSR count). The number of hydrogen-bond acceptors (Lipinski definition) is 5. The van der Waals surface area contributed by atoms with Crippen molar-refractivity contribution >= 4 is 0 Å². The summed E-state index contributed by atoms with van der Waals surface area (Å²) in [4.78, 5) is 0. The Hall–Kier alpha value is -0.460. The second-order valence-corrected chi connectivity index (χ2v) is 3.95. The van der Waals surface area contributed by atoms with Crippen molar-refractivity contribution in [2.45, 2.75) is 43.5 Å². The smallest absolute Gasteiger partial charge is 0.184 e. The van der Waals surface area contributed by atoms with Crippen molar-refractivity contribution in [3.8, 4) is 0 Å². The Balaban J connectivity index is 2.90. The van der Waals surface area contributed by atoms with E-state index < -0.39 is 30.2 Å². The summed E-state index contributed by atoms with van der Waals surface area (Å²) >= 11 is 0. The maximum atomic E-state index is 9.72. The standard InChI is InChI=1S/C10H18O5/c1-4-5-10(2)8(14-3)6(11)7(12)9(13)15-10/h4,6-9,11-13H,1,5H2,2-3H3/t6-,7+,8+,9?,10-/m0/s1. The van der Waals surface area contributed by atoms with Crippen LogP contribution < -0.4 is 0 Å². The highest BCUT2D eigenvalue weighted by molar-refractivity contribution is 5.00. The van der Waals surface area contributed by atoms with Gasteiger partial charge in [-0.25, -0.2) is 0 Å². The van der Waals surface area contributed by atoms with Crippen molar-refractivity contribution in [1.82, 2.24) is 0 Å². The molecule has 5 atom stereocenters. The predicted molar refractivity (Wildman–Crippen MR) is 53.1 cm³/mol. The molecule has 0 aromatic rings. The Labute approximate surface area is 88.9 Å². The van der Waals surface area contributed by atoms with Gasteiger partial charge in [-0.05, 0) is 13.3 Å². The molecule has 1 aliphatic rings. The third-order valence-electron chi connectivity index (χ3n) is 2.75. The van der Waals surface area contributed by atoms with Gasteiger partial charge in [-0.2, -0.15) is 0 Å². The van der Waals surface area contributed by atoms with Crippen molar-refractivity contribution < 1.29 is 24.8 Å². The van der Waals surface area contributed by atoms with Gasteiger partial charge in [0.2, 0.25) is 0 Å². The SMILES string of the molecule is C=CC[C@]1(C)OC(O)[C@H](O)[C@H](O)[C@H]1OC. The molecular formula is C10H18O5. The first-order valence-corrected chi connectivity index (χ1v) is 4.82. The normalized spacial score (nSPS) is 46.5. The van der Waals surface area contributed by atoms with Crippen molar-refractivity contribution in [1.29, 1.82) is 0 Å². The first-order valence-electron chi connectivity index (χ1n) is 4.82. The predicted octanol–water partition coefficient (Wildman–Crippen LogP) is -0.593.